The number of benzene rings is 1. The fraction of sp³-hybridized carbons (Fsp3) is 0.667. The van der Waals surface area contributed by atoms with E-state index in [-0.39, 0.29) is 23.6 Å². The molecule has 1 aliphatic carbocycles. The van der Waals surface area contributed by atoms with Crippen molar-refractivity contribution >= 4 is 17.7 Å². The Morgan fingerprint density at radius 2 is 1.57 bits per heavy atom. The van der Waals surface area contributed by atoms with E-state index in [0.29, 0.717) is 32.5 Å². The monoisotopic (exact) mass is 485 g/mol. The maximum Gasteiger partial charge on any atom is 0.245 e. The average Bonchev–Trinajstić information content (AvgIpc) is 3.17. The molecule has 1 saturated heterocycles. The Bertz CT molecular complexity index is 828. The average molecular weight is 486 g/mol. The van der Waals surface area contributed by atoms with E-state index in [1.54, 1.807) is 6.92 Å². The van der Waals surface area contributed by atoms with Crippen molar-refractivity contribution in [2.24, 2.45) is 11.7 Å². The second-order valence-electron chi connectivity index (χ2n) is 10.1. The number of nitrogens with two attached hydrogens (primary N) is 1. The predicted octanol–water partition coefficient (Wildman–Crippen LogP) is 1.81. The van der Waals surface area contributed by atoms with Gasteiger partial charge in [0.05, 0.1) is 6.04 Å². The van der Waals surface area contributed by atoms with Crippen LogP contribution in [0.1, 0.15) is 63.0 Å². The minimum Gasteiger partial charge on any atom is -0.351 e. The topological polar surface area (TPSA) is 108 Å². The lowest BCUT2D eigenvalue weighted by molar-refractivity contribution is -0.137. The van der Waals surface area contributed by atoms with E-state index < -0.39 is 12.1 Å². The molecule has 2 aliphatic rings. The van der Waals surface area contributed by atoms with Crippen molar-refractivity contribution in [3.63, 3.8) is 0 Å². The molecule has 3 rings (SSSR count). The molecule has 0 bridgehead atoms. The summed E-state index contributed by atoms with van der Waals surface area (Å²) in [4.78, 5) is 41.9. The number of carbonyl (C=O) groups is 3. The summed E-state index contributed by atoms with van der Waals surface area (Å²) in [6.07, 6.45) is 7.64. The number of rotatable bonds is 9. The van der Waals surface area contributed by atoms with Gasteiger partial charge in [0.25, 0.3) is 0 Å². The highest BCUT2D eigenvalue weighted by molar-refractivity contribution is 5.88. The third-order valence-corrected chi connectivity index (χ3v) is 7.41. The fourth-order valence-electron chi connectivity index (χ4n) is 4.96. The van der Waals surface area contributed by atoms with Crippen LogP contribution in [-0.4, -0.2) is 72.8 Å². The van der Waals surface area contributed by atoms with Crippen molar-refractivity contribution < 1.29 is 14.4 Å². The molecule has 8 nitrogen and oxygen atoms in total. The first-order valence-electron chi connectivity index (χ1n) is 13.2. The Kier molecular flexibility index (Phi) is 10.5. The van der Waals surface area contributed by atoms with Gasteiger partial charge in [-0.15, -0.1) is 0 Å². The van der Waals surface area contributed by atoms with Crippen LogP contribution in [0.3, 0.4) is 0 Å². The van der Waals surface area contributed by atoms with Gasteiger partial charge in [-0.2, -0.15) is 0 Å². The highest BCUT2D eigenvalue weighted by atomic mass is 16.2. The largest absolute Gasteiger partial charge is 0.351 e. The van der Waals surface area contributed by atoms with Crippen LogP contribution >= 0.6 is 0 Å². The summed E-state index contributed by atoms with van der Waals surface area (Å²) < 4.78 is 0. The van der Waals surface area contributed by atoms with Crippen molar-refractivity contribution in [3.8, 4) is 0 Å². The van der Waals surface area contributed by atoms with Gasteiger partial charge in [0.15, 0.2) is 0 Å². The third kappa shape index (κ3) is 8.32. The fourth-order valence-corrected chi connectivity index (χ4v) is 4.96. The van der Waals surface area contributed by atoms with Crippen molar-refractivity contribution in [2.75, 3.05) is 33.2 Å². The quantitative estimate of drug-likeness (QED) is 0.463. The van der Waals surface area contributed by atoms with Gasteiger partial charge in [0, 0.05) is 45.6 Å². The van der Waals surface area contributed by atoms with E-state index in [1.807, 2.05) is 36.2 Å². The van der Waals surface area contributed by atoms with Crippen molar-refractivity contribution in [1.82, 2.24) is 20.4 Å². The van der Waals surface area contributed by atoms with Crippen LogP contribution < -0.4 is 16.4 Å². The van der Waals surface area contributed by atoms with Crippen LogP contribution in [0.2, 0.25) is 0 Å². The van der Waals surface area contributed by atoms with Gasteiger partial charge in [-0.25, -0.2) is 0 Å². The standard InChI is InChI=1S/C27H43N5O3/c1-3-24(33)30-23(27(35)32-16-14-31(2)15-17-32)18-20-10-12-21(13-11-20)19-29-26(34)25(28)22-8-6-4-5-7-9-22/h10-13,22-23,25H,3-9,14-19,28H2,1-2H3,(H,29,34)(H,30,33)/t23?,25-/m0/s1. The summed E-state index contributed by atoms with van der Waals surface area (Å²) in [5, 5.41) is 5.90. The van der Waals surface area contributed by atoms with Crippen molar-refractivity contribution in [1.29, 1.82) is 0 Å². The second-order valence-corrected chi connectivity index (χ2v) is 10.1. The number of likely N-dealkylation sites (N-methyl/N-ethyl adjacent to an activating group) is 1. The molecule has 1 aromatic rings. The number of carbonyl (C=O) groups excluding carboxylic acids is 3. The highest BCUT2D eigenvalue weighted by Crippen LogP contribution is 2.25. The zero-order valence-corrected chi connectivity index (χ0v) is 21.4. The lowest BCUT2D eigenvalue weighted by atomic mass is 9.92. The number of nitrogens with zero attached hydrogens (tertiary/aromatic N) is 2. The van der Waals surface area contributed by atoms with E-state index >= 15 is 0 Å². The Hall–Kier alpha value is -2.45. The molecule has 3 amide bonds. The maximum atomic E-state index is 13.2. The Balaban J connectivity index is 1.54. The molecular weight excluding hydrogens is 442 g/mol. The number of hydrogen-bond donors (Lipinski definition) is 3. The van der Waals surface area contributed by atoms with Crippen molar-refractivity contribution in [2.45, 2.75) is 76.9 Å². The lowest BCUT2D eigenvalue weighted by Crippen LogP contribution is -2.54. The van der Waals surface area contributed by atoms with Gasteiger partial charge in [-0.3, -0.25) is 14.4 Å². The first-order valence-corrected chi connectivity index (χ1v) is 13.2. The number of nitrogens with one attached hydrogen (secondary N) is 2. The smallest absolute Gasteiger partial charge is 0.245 e. The molecule has 0 radical (unpaired) electrons. The molecule has 35 heavy (non-hydrogen) atoms. The van der Waals surface area contributed by atoms with Crippen LogP contribution in [0, 0.1) is 5.92 Å². The first kappa shape index (κ1) is 27.1. The van der Waals surface area contributed by atoms with Gasteiger partial charge in [0.2, 0.25) is 17.7 Å². The predicted molar refractivity (Wildman–Crippen MR) is 137 cm³/mol. The second kappa shape index (κ2) is 13.6. The molecule has 1 aromatic carbocycles. The minimum absolute atomic E-state index is 0.0243. The Morgan fingerprint density at radius 3 is 2.17 bits per heavy atom. The lowest BCUT2D eigenvalue weighted by Gasteiger charge is -2.34. The molecule has 1 unspecified atom stereocenters. The zero-order valence-electron chi connectivity index (χ0n) is 21.4. The van der Waals surface area contributed by atoms with Gasteiger partial charge < -0.3 is 26.2 Å². The normalized spacial score (nSPS) is 19.5. The Morgan fingerprint density at radius 1 is 0.971 bits per heavy atom. The van der Waals surface area contributed by atoms with Crippen LogP contribution in [0.5, 0.6) is 0 Å². The highest BCUT2D eigenvalue weighted by Gasteiger charge is 2.28. The van der Waals surface area contributed by atoms with E-state index in [0.717, 1.165) is 49.9 Å². The van der Waals surface area contributed by atoms with Gasteiger partial charge in [-0.1, -0.05) is 56.9 Å². The molecule has 2 fully saturated rings. The first-order chi connectivity index (χ1) is 16.9. The van der Waals surface area contributed by atoms with E-state index in [9.17, 15) is 14.4 Å². The summed E-state index contributed by atoms with van der Waals surface area (Å²) in [5.74, 6) is 0.0413. The summed E-state index contributed by atoms with van der Waals surface area (Å²) in [5.41, 5.74) is 8.22. The Labute approximate surface area is 210 Å². The molecule has 1 heterocycles. The van der Waals surface area contributed by atoms with Gasteiger partial charge >= 0.3 is 0 Å². The van der Waals surface area contributed by atoms with E-state index in [1.165, 1.54) is 12.8 Å². The molecule has 4 N–H and O–H groups in total. The van der Waals surface area contributed by atoms with Crippen molar-refractivity contribution in [3.05, 3.63) is 35.4 Å². The molecule has 8 heteroatoms. The van der Waals surface area contributed by atoms with Crippen LogP contribution in [-0.2, 0) is 27.3 Å². The number of amides is 3. The summed E-state index contributed by atoms with van der Waals surface area (Å²) >= 11 is 0. The minimum atomic E-state index is -0.575. The SMILES string of the molecule is CCC(=O)NC(Cc1ccc(CNC(=O)[C@@H](N)C2CCCCCC2)cc1)C(=O)N1CCN(C)CC1. The summed E-state index contributed by atoms with van der Waals surface area (Å²) in [6.45, 7) is 5.24. The van der Waals surface area contributed by atoms with Gasteiger partial charge in [-0.05, 0) is 36.9 Å². The van der Waals surface area contributed by atoms with Crippen LogP contribution in [0.15, 0.2) is 24.3 Å². The van der Waals surface area contributed by atoms with E-state index in [2.05, 4.69) is 15.5 Å². The molecule has 0 aromatic heterocycles. The third-order valence-electron chi connectivity index (χ3n) is 7.41. The zero-order chi connectivity index (χ0) is 25.2. The molecule has 0 spiro atoms. The number of piperazine rings is 1. The molecular formula is C27H43N5O3. The summed E-state index contributed by atoms with van der Waals surface area (Å²) in [6, 6.07) is 6.84. The van der Waals surface area contributed by atoms with Crippen LogP contribution in [0.4, 0.5) is 0 Å². The molecule has 2 atom stereocenters. The van der Waals surface area contributed by atoms with Crippen LogP contribution in [0.25, 0.3) is 0 Å². The van der Waals surface area contributed by atoms with E-state index in [4.69, 9.17) is 5.73 Å². The molecule has 1 aliphatic heterocycles. The maximum absolute atomic E-state index is 13.2. The summed E-state index contributed by atoms with van der Waals surface area (Å²) in [7, 11) is 2.05. The molecule has 1 saturated carbocycles. The number of hydrogen-bond acceptors (Lipinski definition) is 5. The molecule has 194 valence electrons. The van der Waals surface area contributed by atoms with Gasteiger partial charge in [0.1, 0.15) is 6.04 Å².